The van der Waals surface area contributed by atoms with Crippen molar-refractivity contribution in [2.45, 2.75) is 101 Å². The van der Waals surface area contributed by atoms with Crippen LogP contribution in [0.3, 0.4) is 0 Å². The lowest BCUT2D eigenvalue weighted by atomic mass is 10.3. The van der Waals surface area contributed by atoms with Crippen molar-refractivity contribution in [3.63, 3.8) is 0 Å². The lowest BCUT2D eigenvalue weighted by Gasteiger charge is -2.30. The summed E-state index contributed by atoms with van der Waals surface area (Å²) >= 11 is 0. The molecular weight excluding hydrogens is 689 g/mol. The third-order valence-corrected chi connectivity index (χ3v) is 26.3. The van der Waals surface area contributed by atoms with Crippen LogP contribution in [0.1, 0.15) is 57.8 Å². The van der Waals surface area contributed by atoms with E-state index in [-0.39, 0.29) is 0 Å². The van der Waals surface area contributed by atoms with Gasteiger partial charge in [0.2, 0.25) is 0 Å². The Morgan fingerprint density at radius 2 is 0.540 bits per heavy atom. The summed E-state index contributed by atoms with van der Waals surface area (Å²) in [6, 6.07) is 38.9. The van der Waals surface area contributed by atoms with Crippen LogP contribution in [0.5, 0.6) is 0 Å². The molecule has 0 bridgehead atoms. The summed E-state index contributed by atoms with van der Waals surface area (Å²) in [5.41, 5.74) is 0. The highest BCUT2D eigenvalue weighted by Crippen LogP contribution is 2.31. The van der Waals surface area contributed by atoms with Crippen LogP contribution in [-0.2, 0) is 26.6 Å². The third kappa shape index (κ3) is 12.2. The molecule has 0 saturated heterocycles. The predicted molar refractivity (Wildman–Crippen MR) is 220 cm³/mol. The molecule has 0 heterocycles. The first kappa shape index (κ1) is 42.7. The molecule has 0 amide bonds. The molecule has 278 valence electrons. The Morgan fingerprint density at radius 1 is 0.320 bits per heavy atom. The topological polar surface area (TPSA) is 55.4 Å². The summed E-state index contributed by atoms with van der Waals surface area (Å²) in [5, 5.41) is 3.69. The van der Waals surface area contributed by atoms with Crippen LogP contribution in [0, 0.1) is 0 Å². The first-order valence-corrected chi connectivity index (χ1v) is 28.0. The molecule has 3 rings (SSSR count). The minimum Gasteiger partial charge on any atom is -0.394 e. The van der Waals surface area contributed by atoms with Crippen LogP contribution in [0.15, 0.2) is 91.0 Å². The summed E-state index contributed by atoms with van der Waals surface area (Å²) < 4.78 is 36.6. The fourth-order valence-electron chi connectivity index (χ4n) is 7.71. The van der Waals surface area contributed by atoms with Crippen LogP contribution >= 0.6 is 0 Å². The Morgan fingerprint density at radius 3 is 0.760 bits per heavy atom. The van der Waals surface area contributed by atoms with Gasteiger partial charge in [-0.3, -0.25) is 0 Å². The normalized spacial score (nSPS) is 12.8. The maximum absolute atomic E-state index is 6.10. The van der Waals surface area contributed by atoms with Crippen LogP contribution in [0.2, 0.25) is 42.8 Å². The van der Waals surface area contributed by atoms with Gasteiger partial charge >= 0.3 is 25.7 Å². The van der Waals surface area contributed by atoms with Crippen molar-refractivity contribution in [3.8, 4) is 0 Å². The first-order valence-electron chi connectivity index (χ1n) is 18.8. The van der Waals surface area contributed by atoms with Gasteiger partial charge in [-0.05, 0) is 33.7 Å². The van der Waals surface area contributed by atoms with E-state index >= 15 is 0 Å². The Labute approximate surface area is 309 Å². The van der Waals surface area contributed by atoms with Crippen molar-refractivity contribution < 1.29 is 26.6 Å². The zero-order chi connectivity index (χ0) is 36.2. The van der Waals surface area contributed by atoms with E-state index in [0.29, 0.717) is 0 Å². The zero-order valence-corrected chi connectivity index (χ0v) is 36.2. The number of hydrogen-bond donors (Lipinski definition) is 0. The van der Waals surface area contributed by atoms with Gasteiger partial charge in [0, 0.05) is 42.7 Å². The summed E-state index contributed by atoms with van der Waals surface area (Å²) in [7, 11) is 2.33. The number of unbranched alkanes of at least 4 members (excludes halogenated alkanes) is 6. The summed E-state index contributed by atoms with van der Waals surface area (Å²) in [4.78, 5) is 0. The van der Waals surface area contributed by atoms with Gasteiger partial charge in [-0.1, -0.05) is 173 Å². The SMILES string of the molecule is CO[Si](CCCCC[Si](C)(CCCCC[Si](OC)(OC)c1ccccc1)CCCCC[Si](OC)(OC)c1ccccc1)(OC)c1ccccc1. The monoisotopic (exact) mass is 754 g/mol. The molecule has 0 aromatic heterocycles. The van der Waals surface area contributed by atoms with E-state index in [1.165, 1.54) is 72.2 Å². The molecule has 0 saturated carbocycles. The molecule has 0 unspecified atom stereocenters. The fraction of sp³-hybridized carbons (Fsp3) is 0.550. The molecule has 0 atom stereocenters. The summed E-state index contributed by atoms with van der Waals surface area (Å²) in [6.07, 6.45) is 11.0. The van der Waals surface area contributed by atoms with Crippen molar-refractivity contribution in [1.82, 2.24) is 0 Å². The van der Waals surface area contributed by atoms with Crippen molar-refractivity contribution in [2.75, 3.05) is 42.7 Å². The van der Waals surface area contributed by atoms with Crippen molar-refractivity contribution in [3.05, 3.63) is 91.0 Å². The third-order valence-electron chi connectivity index (χ3n) is 11.0. The van der Waals surface area contributed by atoms with E-state index in [4.69, 9.17) is 26.6 Å². The van der Waals surface area contributed by atoms with Crippen molar-refractivity contribution in [2.24, 2.45) is 0 Å². The molecule has 3 aromatic carbocycles. The molecule has 0 aliphatic carbocycles. The zero-order valence-electron chi connectivity index (χ0n) is 32.2. The molecule has 0 N–H and O–H groups in total. The molecule has 3 aromatic rings. The van der Waals surface area contributed by atoms with Crippen LogP contribution in [0.4, 0.5) is 0 Å². The van der Waals surface area contributed by atoms with E-state index in [2.05, 4.69) is 97.5 Å². The van der Waals surface area contributed by atoms with E-state index in [1.807, 2.05) is 42.7 Å². The highest BCUT2D eigenvalue weighted by atomic mass is 28.4. The molecule has 0 radical (unpaired) electrons. The highest BCUT2D eigenvalue weighted by molar-refractivity contribution is 6.82. The van der Waals surface area contributed by atoms with Crippen molar-refractivity contribution >= 4 is 49.3 Å². The average molecular weight is 755 g/mol. The molecule has 0 aliphatic heterocycles. The number of hydrogen-bond acceptors (Lipinski definition) is 6. The van der Waals surface area contributed by atoms with E-state index in [9.17, 15) is 0 Å². The predicted octanol–water partition coefficient (Wildman–Crippen LogP) is 8.50. The van der Waals surface area contributed by atoms with E-state index < -0.39 is 33.8 Å². The lowest BCUT2D eigenvalue weighted by Crippen LogP contribution is -2.52. The van der Waals surface area contributed by atoms with Gasteiger partial charge in [-0.25, -0.2) is 0 Å². The molecule has 6 nitrogen and oxygen atoms in total. The van der Waals surface area contributed by atoms with Crippen LogP contribution < -0.4 is 15.6 Å². The van der Waals surface area contributed by atoms with Gasteiger partial charge in [0.1, 0.15) is 0 Å². The van der Waals surface area contributed by atoms with Gasteiger partial charge in [-0.2, -0.15) is 0 Å². The van der Waals surface area contributed by atoms with Crippen LogP contribution in [-0.4, -0.2) is 76.4 Å². The Bertz CT molecular complexity index is 1130. The number of benzene rings is 3. The van der Waals surface area contributed by atoms with Crippen molar-refractivity contribution in [1.29, 1.82) is 0 Å². The molecule has 0 spiro atoms. The average Bonchev–Trinajstić information content (AvgIpc) is 3.18. The molecule has 0 fully saturated rings. The van der Waals surface area contributed by atoms with Gasteiger partial charge in [0.05, 0.1) is 8.07 Å². The highest BCUT2D eigenvalue weighted by Gasteiger charge is 2.39. The van der Waals surface area contributed by atoms with Crippen LogP contribution in [0.25, 0.3) is 0 Å². The summed E-state index contributed by atoms with van der Waals surface area (Å²) in [5.74, 6) is 0. The smallest absolute Gasteiger partial charge is 0.371 e. The maximum Gasteiger partial charge on any atom is 0.371 e. The minimum absolute atomic E-state index is 1.00. The second-order valence-corrected chi connectivity index (χ2v) is 29.4. The fourth-order valence-corrected chi connectivity index (χ4v) is 20.0. The van der Waals surface area contributed by atoms with E-state index in [1.54, 1.807) is 0 Å². The largest absolute Gasteiger partial charge is 0.394 e. The standard InChI is InChI=1S/C40H66O6Si4/c1-41-48(42-2,38-26-14-8-15-27-38)35-23-11-20-32-47(7,33-21-12-24-36-49(43-3,44-4)39-28-16-9-17-29-39)34-22-13-25-37-50(45-5,46-6)40-30-18-10-19-31-40/h8-10,14-19,26-31H,11-13,20-25,32-37H2,1-7H3. The maximum atomic E-state index is 6.10. The van der Waals surface area contributed by atoms with Gasteiger partial charge in [0.25, 0.3) is 0 Å². The molecule has 0 aliphatic rings. The van der Waals surface area contributed by atoms with Gasteiger partial charge in [-0.15, -0.1) is 0 Å². The first-order chi connectivity index (χ1) is 24.3. The molecular formula is C40H66O6Si4. The second kappa shape index (κ2) is 22.4. The molecule has 10 heteroatoms. The summed E-state index contributed by atoms with van der Waals surface area (Å²) in [6.45, 7) is 2.68. The quantitative estimate of drug-likeness (QED) is 0.0575. The van der Waals surface area contributed by atoms with E-state index in [0.717, 1.165) is 37.4 Å². The Kier molecular flexibility index (Phi) is 19.1. The van der Waals surface area contributed by atoms with Gasteiger partial charge in [0.15, 0.2) is 0 Å². The minimum atomic E-state index is -2.39. The lowest BCUT2D eigenvalue weighted by molar-refractivity contribution is 0.255. The Balaban J connectivity index is 1.56. The Hall–Kier alpha value is -1.71. The number of rotatable bonds is 27. The molecule has 50 heavy (non-hydrogen) atoms. The second-order valence-electron chi connectivity index (χ2n) is 14.1. The van der Waals surface area contributed by atoms with Gasteiger partial charge < -0.3 is 26.6 Å².